The van der Waals surface area contributed by atoms with Crippen LogP contribution in [0.4, 0.5) is 0 Å². The van der Waals surface area contributed by atoms with Crippen LogP contribution in [0.15, 0.2) is 42.5 Å². The fraction of sp³-hybridized carbons (Fsp3) is 0.409. The Morgan fingerprint density at radius 3 is 2.36 bits per heavy atom. The Balaban J connectivity index is 1.88. The van der Waals surface area contributed by atoms with Crippen molar-refractivity contribution in [2.24, 2.45) is 0 Å². The smallest absolute Gasteiger partial charge is 0.261 e. The molecule has 0 fully saturated rings. The van der Waals surface area contributed by atoms with E-state index in [0.29, 0.717) is 30.4 Å². The maximum atomic E-state index is 12.3. The normalized spacial score (nSPS) is 11.4. The zero-order chi connectivity index (χ0) is 20.4. The third-order valence-electron chi connectivity index (χ3n) is 4.19. The monoisotopic (exact) mass is 387 g/mol. The van der Waals surface area contributed by atoms with Crippen LogP contribution in [0.25, 0.3) is 0 Å². The molecule has 1 atom stereocenters. The van der Waals surface area contributed by atoms with Gasteiger partial charge in [-0.3, -0.25) is 4.79 Å². The molecule has 1 amide bonds. The minimum atomic E-state index is -0.619. The number of ether oxygens (including phenoxy) is 4. The van der Waals surface area contributed by atoms with Crippen molar-refractivity contribution in [2.75, 3.05) is 20.8 Å². The summed E-state index contributed by atoms with van der Waals surface area (Å²) in [6.45, 7) is 4.86. The first-order chi connectivity index (χ1) is 13.6. The number of rotatable bonds is 11. The Hall–Kier alpha value is -2.89. The van der Waals surface area contributed by atoms with Crippen LogP contribution in [-0.4, -0.2) is 32.8 Å². The minimum absolute atomic E-state index is 0.196. The average molecular weight is 387 g/mol. The molecule has 0 aromatic heterocycles. The van der Waals surface area contributed by atoms with Crippen LogP contribution >= 0.6 is 0 Å². The van der Waals surface area contributed by atoms with E-state index >= 15 is 0 Å². The van der Waals surface area contributed by atoms with E-state index in [9.17, 15) is 4.79 Å². The summed E-state index contributed by atoms with van der Waals surface area (Å²) in [5.41, 5.74) is 0.921. The van der Waals surface area contributed by atoms with Crippen LogP contribution < -0.4 is 24.3 Å². The van der Waals surface area contributed by atoms with Crippen molar-refractivity contribution in [3.63, 3.8) is 0 Å². The predicted octanol–water partition coefficient (Wildman–Crippen LogP) is 3.97. The van der Waals surface area contributed by atoms with E-state index in [1.165, 1.54) is 0 Å². The molecule has 1 unspecified atom stereocenters. The number of benzene rings is 2. The van der Waals surface area contributed by atoms with Gasteiger partial charge in [0.2, 0.25) is 0 Å². The molecule has 2 aromatic carbocycles. The van der Waals surface area contributed by atoms with Gasteiger partial charge in [0.05, 0.1) is 20.8 Å². The van der Waals surface area contributed by atoms with E-state index in [-0.39, 0.29) is 5.91 Å². The fourth-order valence-electron chi connectivity index (χ4n) is 2.51. The second kappa shape index (κ2) is 11.1. The summed E-state index contributed by atoms with van der Waals surface area (Å²) in [6.07, 6.45) is 1.45. The van der Waals surface area contributed by atoms with Crippen LogP contribution in [0.5, 0.6) is 23.0 Å². The lowest BCUT2D eigenvalue weighted by Crippen LogP contribution is -2.35. The number of hydrogen-bond donors (Lipinski definition) is 1. The van der Waals surface area contributed by atoms with Gasteiger partial charge in [0, 0.05) is 6.54 Å². The maximum Gasteiger partial charge on any atom is 0.261 e. The quantitative estimate of drug-likeness (QED) is 0.591. The number of carbonyl (C=O) groups is 1. The molecule has 0 heterocycles. The zero-order valence-electron chi connectivity index (χ0n) is 17.0. The van der Waals surface area contributed by atoms with Crippen molar-refractivity contribution in [3.05, 3.63) is 48.0 Å². The molecule has 0 radical (unpaired) electrons. The van der Waals surface area contributed by atoms with Crippen LogP contribution in [-0.2, 0) is 11.3 Å². The van der Waals surface area contributed by atoms with E-state index in [1.54, 1.807) is 45.4 Å². The van der Waals surface area contributed by atoms with Gasteiger partial charge in [-0.2, -0.15) is 0 Å². The predicted molar refractivity (Wildman–Crippen MR) is 108 cm³/mol. The lowest BCUT2D eigenvalue weighted by molar-refractivity contribution is -0.127. The van der Waals surface area contributed by atoms with Crippen molar-refractivity contribution >= 4 is 5.91 Å². The molecule has 0 aliphatic rings. The largest absolute Gasteiger partial charge is 0.497 e. The molecule has 6 nitrogen and oxygen atoms in total. The lowest BCUT2D eigenvalue weighted by Gasteiger charge is -2.16. The van der Waals surface area contributed by atoms with Gasteiger partial charge in [0.1, 0.15) is 11.5 Å². The molecule has 0 saturated carbocycles. The highest BCUT2D eigenvalue weighted by Crippen LogP contribution is 2.28. The van der Waals surface area contributed by atoms with Crippen LogP contribution in [0, 0.1) is 0 Å². The minimum Gasteiger partial charge on any atom is -0.497 e. The van der Waals surface area contributed by atoms with Crippen molar-refractivity contribution in [1.29, 1.82) is 0 Å². The molecule has 2 rings (SSSR count). The molecule has 0 bridgehead atoms. The number of nitrogens with one attached hydrogen (secondary N) is 1. The van der Waals surface area contributed by atoms with Crippen molar-refractivity contribution < 1.29 is 23.7 Å². The molecule has 28 heavy (non-hydrogen) atoms. The molecule has 1 N–H and O–H groups in total. The standard InChI is InChI=1S/C22H29NO5/c1-5-6-13-27-20-12-7-17(14-21(20)26-4)15-23-22(24)16(2)28-19-10-8-18(25-3)9-11-19/h7-12,14,16H,5-6,13,15H2,1-4H3,(H,23,24). The van der Waals surface area contributed by atoms with Gasteiger partial charge >= 0.3 is 0 Å². The van der Waals surface area contributed by atoms with E-state index in [4.69, 9.17) is 18.9 Å². The average Bonchev–Trinajstić information content (AvgIpc) is 2.73. The van der Waals surface area contributed by atoms with Gasteiger partial charge in [0.25, 0.3) is 5.91 Å². The summed E-state index contributed by atoms with van der Waals surface area (Å²) < 4.78 is 21.9. The number of methoxy groups -OCH3 is 2. The van der Waals surface area contributed by atoms with Crippen molar-refractivity contribution in [1.82, 2.24) is 5.32 Å². The molecular weight excluding hydrogens is 358 g/mol. The highest BCUT2D eigenvalue weighted by Gasteiger charge is 2.15. The summed E-state index contributed by atoms with van der Waals surface area (Å²) >= 11 is 0. The molecule has 0 saturated heterocycles. The van der Waals surface area contributed by atoms with Gasteiger partial charge in [0.15, 0.2) is 17.6 Å². The number of amides is 1. The van der Waals surface area contributed by atoms with Gasteiger partial charge in [-0.25, -0.2) is 0 Å². The molecule has 0 spiro atoms. The second-order valence-electron chi connectivity index (χ2n) is 6.34. The Kier molecular flexibility index (Phi) is 8.46. The Morgan fingerprint density at radius 1 is 1.00 bits per heavy atom. The fourth-order valence-corrected chi connectivity index (χ4v) is 2.51. The van der Waals surface area contributed by atoms with Gasteiger partial charge < -0.3 is 24.3 Å². The highest BCUT2D eigenvalue weighted by molar-refractivity contribution is 5.80. The van der Waals surface area contributed by atoms with Crippen LogP contribution in [0.2, 0.25) is 0 Å². The van der Waals surface area contributed by atoms with Gasteiger partial charge in [-0.15, -0.1) is 0 Å². The molecule has 0 aliphatic heterocycles. The molecular formula is C22H29NO5. The topological polar surface area (TPSA) is 66.0 Å². The summed E-state index contributed by atoms with van der Waals surface area (Å²) in [4.78, 5) is 12.3. The van der Waals surface area contributed by atoms with E-state index in [2.05, 4.69) is 12.2 Å². The van der Waals surface area contributed by atoms with Crippen molar-refractivity contribution in [2.45, 2.75) is 39.3 Å². The van der Waals surface area contributed by atoms with Crippen LogP contribution in [0.1, 0.15) is 32.3 Å². The Bertz CT molecular complexity index is 745. The van der Waals surface area contributed by atoms with E-state index in [1.807, 2.05) is 18.2 Å². The number of hydrogen-bond acceptors (Lipinski definition) is 5. The zero-order valence-corrected chi connectivity index (χ0v) is 17.0. The number of carbonyl (C=O) groups excluding carboxylic acids is 1. The molecule has 2 aromatic rings. The van der Waals surface area contributed by atoms with E-state index < -0.39 is 6.10 Å². The summed E-state index contributed by atoms with van der Waals surface area (Å²) in [5, 5.41) is 2.88. The maximum absolute atomic E-state index is 12.3. The first-order valence-corrected chi connectivity index (χ1v) is 9.45. The SMILES string of the molecule is CCCCOc1ccc(CNC(=O)C(C)Oc2ccc(OC)cc2)cc1OC. The summed E-state index contributed by atoms with van der Waals surface area (Å²) in [5.74, 6) is 2.52. The Labute approximate surface area is 166 Å². The molecule has 0 aliphatic carbocycles. The molecule has 6 heteroatoms. The third kappa shape index (κ3) is 6.37. The Morgan fingerprint density at radius 2 is 1.71 bits per heavy atom. The van der Waals surface area contributed by atoms with Crippen molar-refractivity contribution in [3.8, 4) is 23.0 Å². The molecule has 152 valence electrons. The number of unbranched alkanes of at least 4 members (excludes halogenated alkanes) is 1. The first-order valence-electron chi connectivity index (χ1n) is 9.45. The first kappa shape index (κ1) is 21.4. The summed E-state index contributed by atoms with van der Waals surface area (Å²) in [6, 6.07) is 12.8. The lowest BCUT2D eigenvalue weighted by atomic mass is 10.2. The van der Waals surface area contributed by atoms with E-state index in [0.717, 1.165) is 24.2 Å². The van der Waals surface area contributed by atoms with Gasteiger partial charge in [-0.05, 0) is 55.3 Å². The summed E-state index contributed by atoms with van der Waals surface area (Å²) in [7, 11) is 3.21. The second-order valence-corrected chi connectivity index (χ2v) is 6.34. The highest BCUT2D eigenvalue weighted by atomic mass is 16.5. The third-order valence-corrected chi connectivity index (χ3v) is 4.19. The van der Waals surface area contributed by atoms with Crippen LogP contribution in [0.3, 0.4) is 0 Å². The van der Waals surface area contributed by atoms with Gasteiger partial charge in [-0.1, -0.05) is 19.4 Å².